The van der Waals surface area contributed by atoms with Gasteiger partial charge in [0.25, 0.3) is 0 Å². The first kappa shape index (κ1) is 40.7. The van der Waals surface area contributed by atoms with Crippen LogP contribution in [0.25, 0.3) is 0 Å². The van der Waals surface area contributed by atoms with Crippen LogP contribution in [0.5, 0.6) is 0 Å². The van der Waals surface area contributed by atoms with E-state index in [-0.39, 0.29) is 6.42 Å². The zero-order valence-electron chi connectivity index (χ0n) is 27.5. The SMILES string of the molecule is CCCCCCCCCCCCCCCC(=O)OC1C(OC(C)=O)C(COC(C)=O)OC(OCC(O)C(O)CO)C1OC(C)=O. The lowest BCUT2D eigenvalue weighted by Crippen LogP contribution is -2.63. The van der Waals surface area contributed by atoms with Gasteiger partial charge in [0.15, 0.2) is 24.6 Å². The van der Waals surface area contributed by atoms with Gasteiger partial charge in [0.2, 0.25) is 0 Å². The molecule has 262 valence electrons. The van der Waals surface area contributed by atoms with E-state index in [1.54, 1.807) is 0 Å². The third kappa shape index (κ3) is 17.8. The van der Waals surface area contributed by atoms with Crippen molar-refractivity contribution in [3.63, 3.8) is 0 Å². The normalized spacial score (nSPS) is 22.7. The van der Waals surface area contributed by atoms with Crippen molar-refractivity contribution >= 4 is 23.9 Å². The summed E-state index contributed by atoms with van der Waals surface area (Å²) >= 11 is 0. The maximum Gasteiger partial charge on any atom is 0.306 e. The van der Waals surface area contributed by atoms with Crippen molar-refractivity contribution in [3.05, 3.63) is 0 Å². The van der Waals surface area contributed by atoms with E-state index >= 15 is 0 Å². The summed E-state index contributed by atoms with van der Waals surface area (Å²) in [5, 5.41) is 28.9. The second-order valence-electron chi connectivity index (χ2n) is 11.6. The highest BCUT2D eigenvalue weighted by atomic mass is 16.7. The van der Waals surface area contributed by atoms with Gasteiger partial charge >= 0.3 is 23.9 Å². The number of aliphatic hydroxyl groups is 3. The van der Waals surface area contributed by atoms with Crippen LogP contribution in [0.1, 0.15) is 118 Å². The van der Waals surface area contributed by atoms with Crippen molar-refractivity contribution in [3.8, 4) is 0 Å². The van der Waals surface area contributed by atoms with E-state index in [0.717, 1.165) is 39.5 Å². The molecule has 45 heavy (non-hydrogen) atoms. The second kappa shape index (κ2) is 23.9. The van der Waals surface area contributed by atoms with E-state index in [1.807, 2.05) is 0 Å². The number of carbonyl (C=O) groups is 4. The molecule has 1 fully saturated rings. The molecule has 0 aromatic heterocycles. The monoisotopic (exact) mass is 648 g/mol. The smallest absolute Gasteiger partial charge is 0.306 e. The van der Waals surface area contributed by atoms with Gasteiger partial charge in [0, 0.05) is 27.2 Å². The van der Waals surface area contributed by atoms with E-state index in [0.29, 0.717) is 6.42 Å². The highest BCUT2D eigenvalue weighted by Gasteiger charge is 2.53. The molecule has 0 bridgehead atoms. The summed E-state index contributed by atoms with van der Waals surface area (Å²) in [6.45, 7) is 3.89. The van der Waals surface area contributed by atoms with E-state index in [9.17, 15) is 29.4 Å². The molecule has 0 saturated carbocycles. The first-order valence-electron chi connectivity index (χ1n) is 16.4. The minimum atomic E-state index is -1.54. The van der Waals surface area contributed by atoms with Crippen molar-refractivity contribution in [2.45, 2.75) is 161 Å². The number of hydrogen-bond acceptors (Lipinski definition) is 13. The topological polar surface area (TPSA) is 184 Å². The lowest BCUT2D eigenvalue weighted by atomic mass is 9.98. The Labute approximate surface area is 267 Å². The fraction of sp³-hybridized carbons (Fsp3) is 0.875. The summed E-state index contributed by atoms with van der Waals surface area (Å²) < 4.78 is 33.0. The molecule has 0 radical (unpaired) electrons. The molecule has 1 saturated heterocycles. The van der Waals surface area contributed by atoms with E-state index < -0.39 is 86.6 Å². The molecule has 7 unspecified atom stereocenters. The Hall–Kier alpha value is -2.32. The Kier molecular flexibility index (Phi) is 21.7. The Morgan fingerprint density at radius 3 is 1.67 bits per heavy atom. The molecule has 7 atom stereocenters. The van der Waals surface area contributed by atoms with Gasteiger partial charge in [0.1, 0.15) is 24.9 Å². The highest BCUT2D eigenvalue weighted by molar-refractivity contribution is 5.70. The minimum absolute atomic E-state index is 0.0657. The van der Waals surface area contributed by atoms with Gasteiger partial charge < -0.3 is 43.7 Å². The molecule has 0 aromatic carbocycles. The molecule has 0 aliphatic carbocycles. The van der Waals surface area contributed by atoms with Crippen LogP contribution < -0.4 is 0 Å². The number of hydrogen-bond donors (Lipinski definition) is 3. The Morgan fingerprint density at radius 1 is 0.667 bits per heavy atom. The number of aliphatic hydroxyl groups excluding tert-OH is 3. The second-order valence-corrected chi connectivity index (χ2v) is 11.6. The van der Waals surface area contributed by atoms with Gasteiger partial charge in [0.05, 0.1) is 13.2 Å². The number of carbonyl (C=O) groups excluding carboxylic acids is 4. The van der Waals surface area contributed by atoms with Gasteiger partial charge in [-0.3, -0.25) is 19.2 Å². The largest absolute Gasteiger partial charge is 0.463 e. The van der Waals surface area contributed by atoms with Crippen LogP contribution in [0.15, 0.2) is 0 Å². The molecule has 0 amide bonds. The molecule has 0 spiro atoms. The number of esters is 4. The fourth-order valence-electron chi connectivity index (χ4n) is 5.06. The molecule has 0 aromatic rings. The van der Waals surface area contributed by atoms with E-state index in [1.165, 1.54) is 58.3 Å². The molecular formula is C32H56O13. The lowest BCUT2D eigenvalue weighted by Gasteiger charge is -2.44. The van der Waals surface area contributed by atoms with Crippen LogP contribution in [0, 0.1) is 0 Å². The standard InChI is InChI=1S/C32H56O13/c1-5-6-7-8-9-10-11-12-13-14-15-16-17-18-28(39)45-30-29(42-23(3)35)27(21-40-22(2)34)44-32(31(30)43-24(4)36)41-20-26(38)25(37)19-33/h25-27,29-33,37-38H,5-21H2,1-4H3. The molecule has 1 rings (SSSR count). The van der Waals surface area contributed by atoms with Crippen molar-refractivity contribution in [2.24, 2.45) is 0 Å². The maximum absolute atomic E-state index is 13.0. The lowest BCUT2D eigenvalue weighted by molar-refractivity contribution is -0.312. The zero-order valence-corrected chi connectivity index (χ0v) is 27.5. The summed E-state index contributed by atoms with van der Waals surface area (Å²) in [6, 6.07) is 0. The van der Waals surface area contributed by atoms with Crippen molar-refractivity contribution in [1.82, 2.24) is 0 Å². The Balaban J connectivity index is 2.82. The predicted octanol–water partition coefficient (Wildman–Crippen LogP) is 3.26. The summed E-state index contributed by atoms with van der Waals surface area (Å²) in [7, 11) is 0. The van der Waals surface area contributed by atoms with Gasteiger partial charge in [-0.05, 0) is 6.42 Å². The van der Waals surface area contributed by atoms with Crippen LogP contribution >= 0.6 is 0 Å². The summed E-state index contributed by atoms with van der Waals surface area (Å²) in [5.74, 6) is -2.82. The quantitative estimate of drug-likeness (QED) is 0.0788. The first-order valence-corrected chi connectivity index (χ1v) is 16.4. The maximum atomic E-state index is 13.0. The number of ether oxygens (including phenoxy) is 6. The van der Waals surface area contributed by atoms with Crippen LogP contribution in [0.2, 0.25) is 0 Å². The summed E-state index contributed by atoms with van der Waals surface area (Å²) in [4.78, 5) is 48.6. The zero-order chi connectivity index (χ0) is 33.6. The van der Waals surface area contributed by atoms with Crippen molar-refractivity contribution < 1.29 is 62.9 Å². The van der Waals surface area contributed by atoms with Crippen LogP contribution in [0.4, 0.5) is 0 Å². The third-order valence-corrected chi connectivity index (χ3v) is 7.46. The average Bonchev–Trinajstić information content (AvgIpc) is 2.98. The Morgan fingerprint density at radius 2 is 1.18 bits per heavy atom. The van der Waals surface area contributed by atoms with Crippen LogP contribution in [-0.2, 0) is 47.6 Å². The van der Waals surface area contributed by atoms with Crippen LogP contribution in [0.3, 0.4) is 0 Å². The molecule has 1 heterocycles. The molecule has 13 heteroatoms. The average molecular weight is 649 g/mol. The molecule has 13 nitrogen and oxygen atoms in total. The van der Waals surface area contributed by atoms with Gasteiger partial charge in [-0.25, -0.2) is 0 Å². The summed E-state index contributed by atoms with van der Waals surface area (Å²) in [5.41, 5.74) is 0. The Bertz CT molecular complexity index is 851. The van der Waals surface area contributed by atoms with E-state index in [2.05, 4.69) is 6.92 Å². The highest BCUT2D eigenvalue weighted by Crippen LogP contribution is 2.30. The fourth-order valence-corrected chi connectivity index (χ4v) is 5.06. The van der Waals surface area contributed by atoms with Crippen LogP contribution in [-0.4, -0.2) is 102 Å². The molecule has 1 aliphatic rings. The van der Waals surface area contributed by atoms with Crippen molar-refractivity contribution in [1.29, 1.82) is 0 Å². The van der Waals surface area contributed by atoms with Gasteiger partial charge in [-0.1, -0.05) is 84.0 Å². The van der Waals surface area contributed by atoms with E-state index in [4.69, 9.17) is 33.5 Å². The number of unbranched alkanes of at least 4 members (excludes halogenated alkanes) is 12. The molecular weight excluding hydrogens is 592 g/mol. The summed E-state index contributed by atoms with van der Waals surface area (Å²) in [6.07, 6.45) is 4.99. The minimum Gasteiger partial charge on any atom is -0.463 e. The first-order chi connectivity index (χ1) is 21.5. The van der Waals surface area contributed by atoms with Crippen molar-refractivity contribution in [2.75, 3.05) is 19.8 Å². The van der Waals surface area contributed by atoms with Gasteiger partial charge in [-0.2, -0.15) is 0 Å². The number of rotatable bonds is 24. The molecule has 3 N–H and O–H groups in total. The third-order valence-electron chi connectivity index (χ3n) is 7.46. The van der Waals surface area contributed by atoms with Gasteiger partial charge in [-0.15, -0.1) is 0 Å². The predicted molar refractivity (Wildman–Crippen MR) is 162 cm³/mol. The molecule has 1 aliphatic heterocycles.